The molecule has 102 valence electrons. The highest BCUT2D eigenvalue weighted by molar-refractivity contribution is 5.72. The number of aryl methyl sites for hydroxylation is 1. The summed E-state index contributed by atoms with van der Waals surface area (Å²) in [4.78, 5) is 12.4. The minimum Gasteiger partial charge on any atom is -0.381 e. The van der Waals surface area contributed by atoms with Gasteiger partial charge in [-0.05, 0) is 13.3 Å². The smallest absolute Gasteiger partial charge is 0.215 e. The van der Waals surface area contributed by atoms with E-state index in [1.165, 1.54) is 0 Å². The molecule has 0 unspecified atom stereocenters. The van der Waals surface area contributed by atoms with Gasteiger partial charge in [0.05, 0.1) is 12.3 Å². The Morgan fingerprint density at radius 1 is 1.50 bits per heavy atom. The van der Waals surface area contributed by atoms with Crippen LogP contribution in [0, 0.1) is 0 Å². The van der Waals surface area contributed by atoms with Gasteiger partial charge in [0.1, 0.15) is 5.82 Å². The number of hydrogen-bond donors (Lipinski definition) is 0. The van der Waals surface area contributed by atoms with Gasteiger partial charge < -0.3 is 9.64 Å². The zero-order chi connectivity index (χ0) is 13.4. The molecular formula is C13H23N3O2. The molecule has 0 aliphatic rings. The fourth-order valence-corrected chi connectivity index (χ4v) is 1.71. The summed E-state index contributed by atoms with van der Waals surface area (Å²) in [5, 5.41) is 4.52. The van der Waals surface area contributed by atoms with Gasteiger partial charge in [0.25, 0.3) is 0 Å². The van der Waals surface area contributed by atoms with Crippen molar-refractivity contribution in [2.75, 3.05) is 25.2 Å². The van der Waals surface area contributed by atoms with Gasteiger partial charge >= 0.3 is 0 Å². The molecule has 0 atom stereocenters. The maximum Gasteiger partial charge on any atom is 0.215 e. The van der Waals surface area contributed by atoms with Crippen LogP contribution in [0.4, 0.5) is 5.82 Å². The first-order valence-corrected chi connectivity index (χ1v) is 6.55. The molecule has 1 aromatic heterocycles. The summed E-state index contributed by atoms with van der Waals surface area (Å²) in [6.07, 6.45) is 3.77. The minimum atomic E-state index is 0.672. The van der Waals surface area contributed by atoms with E-state index < -0.39 is 0 Å². The summed E-state index contributed by atoms with van der Waals surface area (Å²) in [7, 11) is 1.75. The lowest BCUT2D eigenvalue weighted by molar-refractivity contribution is -0.107. The van der Waals surface area contributed by atoms with E-state index in [0.29, 0.717) is 6.61 Å². The van der Waals surface area contributed by atoms with Crippen molar-refractivity contribution in [3.63, 3.8) is 0 Å². The topological polar surface area (TPSA) is 47.4 Å². The number of unbranched alkanes of at least 4 members (excludes halogenated alkanes) is 1. The lowest BCUT2D eigenvalue weighted by atomic mass is 10.3. The number of carbonyl (C=O) groups is 1. The highest BCUT2D eigenvalue weighted by Gasteiger charge is 2.10. The maximum atomic E-state index is 10.9. The Morgan fingerprint density at radius 3 is 2.89 bits per heavy atom. The van der Waals surface area contributed by atoms with Crippen LogP contribution in [-0.2, 0) is 22.5 Å². The zero-order valence-electron chi connectivity index (χ0n) is 11.6. The maximum absolute atomic E-state index is 10.9. The van der Waals surface area contributed by atoms with Crippen molar-refractivity contribution in [2.45, 2.75) is 39.7 Å². The van der Waals surface area contributed by atoms with E-state index in [1.807, 2.05) is 17.7 Å². The Hall–Kier alpha value is -1.36. The molecule has 0 radical (unpaired) electrons. The van der Waals surface area contributed by atoms with Gasteiger partial charge in [-0.25, -0.2) is 4.68 Å². The van der Waals surface area contributed by atoms with E-state index in [2.05, 4.69) is 12.0 Å². The average molecular weight is 253 g/mol. The molecule has 1 aromatic rings. The number of aromatic nitrogens is 2. The molecule has 1 amide bonds. The third-order valence-electron chi connectivity index (χ3n) is 2.76. The van der Waals surface area contributed by atoms with Crippen LogP contribution in [0.1, 0.15) is 32.4 Å². The summed E-state index contributed by atoms with van der Waals surface area (Å²) in [6.45, 7) is 6.36. The van der Waals surface area contributed by atoms with Crippen molar-refractivity contribution < 1.29 is 9.53 Å². The molecule has 0 aromatic carbocycles. The molecule has 1 rings (SSSR count). The summed E-state index contributed by atoms with van der Waals surface area (Å²) < 4.78 is 7.22. The molecular weight excluding hydrogens is 230 g/mol. The summed E-state index contributed by atoms with van der Waals surface area (Å²) in [5.41, 5.74) is 0.975. The third-order valence-corrected chi connectivity index (χ3v) is 2.76. The number of carbonyl (C=O) groups excluding carboxylic acids is 1. The predicted octanol–water partition coefficient (Wildman–Crippen LogP) is 1.85. The van der Waals surface area contributed by atoms with Gasteiger partial charge in [0.2, 0.25) is 6.41 Å². The van der Waals surface area contributed by atoms with E-state index >= 15 is 0 Å². The van der Waals surface area contributed by atoms with Gasteiger partial charge in [0, 0.05) is 32.7 Å². The third kappa shape index (κ3) is 4.14. The first-order chi connectivity index (χ1) is 8.72. The number of rotatable bonds is 9. The van der Waals surface area contributed by atoms with Gasteiger partial charge in [-0.1, -0.05) is 13.3 Å². The van der Waals surface area contributed by atoms with E-state index in [1.54, 1.807) is 11.9 Å². The fourth-order valence-electron chi connectivity index (χ4n) is 1.71. The van der Waals surface area contributed by atoms with Crippen LogP contribution in [0.3, 0.4) is 0 Å². The lowest BCUT2D eigenvalue weighted by Gasteiger charge is -2.12. The van der Waals surface area contributed by atoms with Crippen molar-refractivity contribution in [3.8, 4) is 0 Å². The average Bonchev–Trinajstić information content (AvgIpc) is 2.79. The van der Waals surface area contributed by atoms with Crippen LogP contribution in [0.25, 0.3) is 0 Å². The van der Waals surface area contributed by atoms with Gasteiger partial charge in [-0.3, -0.25) is 4.79 Å². The predicted molar refractivity (Wildman–Crippen MR) is 71.8 cm³/mol. The first kappa shape index (κ1) is 14.7. The molecule has 5 nitrogen and oxygen atoms in total. The number of nitrogens with zero attached hydrogens (tertiary/aromatic N) is 3. The van der Waals surface area contributed by atoms with Crippen LogP contribution in [0.5, 0.6) is 0 Å². The summed E-state index contributed by atoms with van der Waals surface area (Å²) in [5.74, 6) is 0.852. The van der Waals surface area contributed by atoms with Crippen LogP contribution < -0.4 is 4.90 Å². The molecule has 0 aliphatic carbocycles. The highest BCUT2D eigenvalue weighted by atomic mass is 16.5. The van der Waals surface area contributed by atoms with Crippen molar-refractivity contribution in [2.24, 2.45) is 0 Å². The van der Waals surface area contributed by atoms with E-state index in [9.17, 15) is 4.79 Å². The number of amides is 1. The van der Waals surface area contributed by atoms with Gasteiger partial charge in [0.15, 0.2) is 0 Å². The van der Waals surface area contributed by atoms with Crippen molar-refractivity contribution in [1.82, 2.24) is 9.78 Å². The van der Waals surface area contributed by atoms with Crippen LogP contribution in [-0.4, -0.2) is 36.5 Å². The number of hydrogen-bond acceptors (Lipinski definition) is 3. The number of ether oxygens (including phenoxy) is 1. The van der Waals surface area contributed by atoms with E-state index in [0.717, 1.165) is 50.3 Å². The van der Waals surface area contributed by atoms with Crippen molar-refractivity contribution in [1.29, 1.82) is 0 Å². The first-order valence-electron chi connectivity index (χ1n) is 6.55. The Morgan fingerprint density at radius 2 is 2.28 bits per heavy atom. The molecule has 18 heavy (non-hydrogen) atoms. The van der Waals surface area contributed by atoms with Crippen molar-refractivity contribution >= 4 is 12.2 Å². The second-order valence-corrected chi connectivity index (χ2v) is 4.23. The van der Waals surface area contributed by atoms with Gasteiger partial charge in [-0.2, -0.15) is 5.10 Å². The molecule has 0 fully saturated rings. The standard InChI is InChI=1S/C13H23N3O2/c1-4-6-8-16-13(15(3)11-17)10-12(14-16)7-9-18-5-2/h10-11H,4-9H2,1-3H3. The second-order valence-electron chi connectivity index (χ2n) is 4.23. The van der Waals surface area contributed by atoms with E-state index in [4.69, 9.17) is 4.74 Å². The lowest BCUT2D eigenvalue weighted by Crippen LogP contribution is -2.18. The SMILES string of the molecule is CCCCn1nc(CCOCC)cc1N(C)C=O. The van der Waals surface area contributed by atoms with Gasteiger partial charge in [-0.15, -0.1) is 0 Å². The molecule has 0 spiro atoms. The molecule has 5 heteroatoms. The number of anilines is 1. The largest absolute Gasteiger partial charge is 0.381 e. The highest BCUT2D eigenvalue weighted by Crippen LogP contribution is 2.15. The molecule has 0 saturated heterocycles. The Kier molecular flexibility index (Phi) is 6.43. The van der Waals surface area contributed by atoms with Crippen LogP contribution in [0.2, 0.25) is 0 Å². The normalized spacial score (nSPS) is 10.6. The van der Waals surface area contributed by atoms with Crippen LogP contribution in [0.15, 0.2) is 6.07 Å². The Bertz CT molecular complexity index is 363. The zero-order valence-corrected chi connectivity index (χ0v) is 11.6. The quantitative estimate of drug-likeness (QED) is 0.498. The Balaban J connectivity index is 2.74. The Labute approximate surface area is 109 Å². The van der Waals surface area contributed by atoms with Crippen molar-refractivity contribution in [3.05, 3.63) is 11.8 Å². The molecule has 0 bridgehead atoms. The monoisotopic (exact) mass is 253 g/mol. The molecule has 1 heterocycles. The molecule has 0 saturated carbocycles. The summed E-state index contributed by atoms with van der Waals surface area (Å²) in [6, 6.07) is 1.96. The van der Waals surface area contributed by atoms with E-state index in [-0.39, 0.29) is 0 Å². The molecule has 0 aliphatic heterocycles. The minimum absolute atomic E-state index is 0.672. The summed E-state index contributed by atoms with van der Waals surface area (Å²) >= 11 is 0. The van der Waals surface area contributed by atoms with Crippen LogP contribution >= 0.6 is 0 Å². The fraction of sp³-hybridized carbons (Fsp3) is 0.692. The molecule has 0 N–H and O–H groups in total. The second kappa shape index (κ2) is 7.87.